The number of pyridine rings is 1. The summed E-state index contributed by atoms with van der Waals surface area (Å²) >= 11 is 0. The number of aryl methyl sites for hydroxylation is 1. The molecule has 1 saturated heterocycles. The summed E-state index contributed by atoms with van der Waals surface area (Å²) in [6.07, 6.45) is 1.66. The van der Waals surface area contributed by atoms with Crippen molar-refractivity contribution < 1.29 is 27.8 Å². The smallest absolute Gasteiger partial charge is 0.242 e. The van der Waals surface area contributed by atoms with Gasteiger partial charge in [0.15, 0.2) is 6.29 Å². The molecule has 0 spiro atoms. The topological polar surface area (TPSA) is 130 Å². The molecule has 4 aromatic carbocycles. The van der Waals surface area contributed by atoms with Gasteiger partial charge in [0.05, 0.1) is 23.7 Å². The highest BCUT2D eigenvalue weighted by atomic mass is 32.2. The van der Waals surface area contributed by atoms with Crippen LogP contribution in [0.3, 0.4) is 0 Å². The number of benzene rings is 4. The van der Waals surface area contributed by atoms with Crippen molar-refractivity contribution in [1.82, 2.24) is 14.6 Å². The van der Waals surface area contributed by atoms with E-state index in [1.165, 1.54) is 12.1 Å². The molecule has 11 heteroatoms. The molecule has 1 aliphatic rings. The second-order valence-electron chi connectivity index (χ2n) is 13.9. The van der Waals surface area contributed by atoms with Crippen molar-refractivity contribution in [2.75, 3.05) is 25.5 Å². The van der Waals surface area contributed by atoms with Crippen molar-refractivity contribution in [2.45, 2.75) is 62.7 Å². The van der Waals surface area contributed by atoms with Crippen LogP contribution in [0.4, 0.5) is 5.69 Å². The van der Waals surface area contributed by atoms with E-state index >= 15 is 0 Å². The first-order valence-corrected chi connectivity index (χ1v) is 19.7. The van der Waals surface area contributed by atoms with Gasteiger partial charge in [0.25, 0.3) is 0 Å². The summed E-state index contributed by atoms with van der Waals surface area (Å²) in [5.41, 5.74) is 5.88. The SMILES string of the molecule is Cc1ccc(S(=O)(=O)N[C@H](Cc2ccccc2)C(=O)Nc2ccc([C@@H]3O[C@H](CN(C)CCc4ccccn4)[C@H](C)[C@H](c4ccc(CO)cc4)O3)cc2)cc1. The van der Waals surface area contributed by atoms with Crippen LogP contribution >= 0.6 is 0 Å². The molecular weight excluding hydrogens is 701 g/mol. The van der Waals surface area contributed by atoms with E-state index in [-0.39, 0.29) is 36.0 Å². The first-order chi connectivity index (χ1) is 26.1. The van der Waals surface area contributed by atoms with Gasteiger partial charge >= 0.3 is 0 Å². The van der Waals surface area contributed by atoms with Crippen molar-refractivity contribution in [1.29, 1.82) is 0 Å². The maximum Gasteiger partial charge on any atom is 0.242 e. The number of aliphatic hydroxyl groups excluding tert-OH is 1. The average molecular weight is 749 g/mol. The number of nitrogens with zero attached hydrogens (tertiary/aromatic N) is 2. The highest BCUT2D eigenvalue weighted by Gasteiger charge is 2.39. The lowest BCUT2D eigenvalue weighted by Gasteiger charge is -2.42. The van der Waals surface area contributed by atoms with Gasteiger partial charge in [-0.1, -0.05) is 97.4 Å². The Morgan fingerprint density at radius 2 is 1.54 bits per heavy atom. The van der Waals surface area contributed by atoms with Gasteiger partial charge in [-0.05, 0) is 73.5 Å². The first kappa shape index (κ1) is 39.0. The summed E-state index contributed by atoms with van der Waals surface area (Å²) in [7, 11) is -1.91. The van der Waals surface area contributed by atoms with Crippen LogP contribution in [0.2, 0.25) is 0 Å². The Hall–Kier alpha value is -4.75. The monoisotopic (exact) mass is 748 g/mol. The van der Waals surface area contributed by atoms with Gasteiger partial charge in [0, 0.05) is 48.6 Å². The summed E-state index contributed by atoms with van der Waals surface area (Å²) in [6.45, 7) is 5.47. The standard InChI is InChI=1S/C43H48N4O6S/c1-30-12-22-38(23-13-30)54(50,51)46-39(27-32-9-5-4-6-10-32)42(49)45-37-20-18-35(19-21-37)43-52-40(28-47(3)26-24-36-11-7-8-25-44-36)31(2)41(53-43)34-16-14-33(29-48)15-17-34/h4-23,25,31,39-41,43,46,48H,24,26-29H2,1-3H3,(H,45,49)/t31-,39+,40+,41+,43+/m0/s1. The molecule has 0 aliphatic carbocycles. The predicted octanol–water partition coefficient (Wildman–Crippen LogP) is 6.38. The van der Waals surface area contributed by atoms with Crippen molar-refractivity contribution in [3.63, 3.8) is 0 Å². The molecule has 0 saturated carbocycles. The molecule has 10 nitrogen and oxygen atoms in total. The van der Waals surface area contributed by atoms with Crippen molar-refractivity contribution in [2.24, 2.45) is 5.92 Å². The fourth-order valence-electron chi connectivity index (χ4n) is 6.54. The molecular formula is C43H48N4O6S. The molecule has 6 rings (SSSR count). The number of aromatic nitrogens is 1. The molecule has 0 radical (unpaired) electrons. The average Bonchev–Trinajstić information content (AvgIpc) is 3.19. The van der Waals surface area contributed by atoms with E-state index in [1.54, 1.807) is 24.3 Å². The molecule has 1 aliphatic heterocycles. The third-order valence-corrected chi connectivity index (χ3v) is 11.3. The zero-order chi connectivity index (χ0) is 38.1. The maximum absolute atomic E-state index is 13.7. The van der Waals surface area contributed by atoms with Crippen molar-refractivity contribution in [3.05, 3.63) is 161 Å². The Labute approximate surface area is 318 Å². The molecule has 54 heavy (non-hydrogen) atoms. The minimum absolute atomic E-state index is 0.0160. The van der Waals surface area contributed by atoms with Crippen molar-refractivity contribution in [3.8, 4) is 0 Å². The quantitative estimate of drug-likeness (QED) is 0.113. The molecule has 1 fully saturated rings. The second kappa shape index (κ2) is 18.1. The van der Waals surface area contributed by atoms with E-state index in [2.05, 4.69) is 33.9 Å². The zero-order valence-corrected chi connectivity index (χ0v) is 31.7. The number of anilines is 1. The number of nitrogens with one attached hydrogen (secondary N) is 2. The highest BCUT2D eigenvalue weighted by molar-refractivity contribution is 7.89. The number of likely N-dealkylation sites (N-methyl/N-ethyl adjacent to an activating group) is 1. The van der Waals surface area contributed by atoms with Gasteiger partial charge in [-0.2, -0.15) is 4.72 Å². The van der Waals surface area contributed by atoms with Crippen LogP contribution in [0.25, 0.3) is 0 Å². The fourth-order valence-corrected chi connectivity index (χ4v) is 7.74. The van der Waals surface area contributed by atoms with Crippen molar-refractivity contribution >= 4 is 21.6 Å². The first-order valence-electron chi connectivity index (χ1n) is 18.2. The number of carbonyl (C=O) groups is 1. The van der Waals surface area contributed by atoms with E-state index < -0.39 is 28.3 Å². The number of amides is 1. The summed E-state index contributed by atoms with van der Waals surface area (Å²) in [5.74, 6) is -0.469. The van der Waals surface area contributed by atoms with Crippen LogP contribution in [-0.2, 0) is 43.7 Å². The van der Waals surface area contributed by atoms with E-state index in [4.69, 9.17) is 9.47 Å². The number of aliphatic hydroxyl groups is 1. The Bertz CT molecular complexity index is 2050. The number of hydrogen-bond donors (Lipinski definition) is 3. The van der Waals surface area contributed by atoms with Crippen LogP contribution in [0, 0.1) is 12.8 Å². The van der Waals surface area contributed by atoms with E-state index in [9.17, 15) is 18.3 Å². The molecule has 3 N–H and O–H groups in total. The number of sulfonamides is 1. The van der Waals surface area contributed by atoms with Gasteiger partial charge in [-0.25, -0.2) is 8.42 Å². The summed E-state index contributed by atoms with van der Waals surface area (Å²) in [4.78, 5) is 20.5. The van der Waals surface area contributed by atoms with Crippen LogP contribution in [0.1, 0.15) is 52.8 Å². The number of ether oxygens (including phenoxy) is 2. The number of hydrogen-bond acceptors (Lipinski definition) is 8. The minimum Gasteiger partial charge on any atom is -0.392 e. The van der Waals surface area contributed by atoms with Crippen LogP contribution in [0.5, 0.6) is 0 Å². The van der Waals surface area contributed by atoms with Crippen LogP contribution < -0.4 is 10.0 Å². The van der Waals surface area contributed by atoms with Gasteiger partial charge in [-0.15, -0.1) is 0 Å². The predicted molar refractivity (Wildman–Crippen MR) is 209 cm³/mol. The molecule has 1 amide bonds. The Kier molecular flexibility index (Phi) is 13.0. The number of rotatable bonds is 15. The summed E-state index contributed by atoms with van der Waals surface area (Å²) in [6, 6.07) is 35.7. The molecule has 0 bridgehead atoms. The van der Waals surface area contributed by atoms with Gasteiger partial charge in [-0.3, -0.25) is 9.78 Å². The van der Waals surface area contributed by atoms with Gasteiger partial charge < -0.3 is 24.8 Å². The summed E-state index contributed by atoms with van der Waals surface area (Å²) in [5, 5.41) is 12.5. The van der Waals surface area contributed by atoms with E-state index in [0.29, 0.717) is 12.2 Å². The third-order valence-electron chi connectivity index (χ3n) is 9.77. The minimum atomic E-state index is -3.99. The normalized spacial score (nSPS) is 19.4. The molecule has 282 valence electrons. The molecule has 2 heterocycles. The summed E-state index contributed by atoms with van der Waals surface area (Å²) < 4.78 is 42.6. The van der Waals surface area contributed by atoms with Crippen LogP contribution in [-0.4, -0.2) is 61.6 Å². The van der Waals surface area contributed by atoms with E-state index in [0.717, 1.165) is 46.5 Å². The number of carbonyl (C=O) groups excluding carboxylic acids is 1. The van der Waals surface area contributed by atoms with E-state index in [1.807, 2.05) is 98.0 Å². The molecule has 5 atom stereocenters. The van der Waals surface area contributed by atoms with Gasteiger partial charge in [0.1, 0.15) is 6.04 Å². The maximum atomic E-state index is 13.7. The Balaban J connectivity index is 1.18. The lowest BCUT2D eigenvalue weighted by atomic mass is 9.90. The fraction of sp³-hybridized carbons (Fsp3) is 0.302. The molecule has 5 aromatic rings. The molecule has 0 unspecified atom stereocenters. The lowest BCUT2D eigenvalue weighted by Crippen LogP contribution is -2.45. The highest BCUT2D eigenvalue weighted by Crippen LogP contribution is 2.42. The third kappa shape index (κ3) is 10.3. The van der Waals surface area contributed by atoms with Gasteiger partial charge in [0.2, 0.25) is 15.9 Å². The zero-order valence-electron chi connectivity index (χ0n) is 30.8. The second-order valence-corrected chi connectivity index (χ2v) is 15.7. The lowest BCUT2D eigenvalue weighted by molar-refractivity contribution is -0.275. The Morgan fingerprint density at radius 3 is 2.20 bits per heavy atom. The Morgan fingerprint density at radius 1 is 0.852 bits per heavy atom. The largest absolute Gasteiger partial charge is 0.392 e. The molecule has 1 aromatic heterocycles. The van der Waals surface area contributed by atoms with Crippen LogP contribution in [0.15, 0.2) is 132 Å².